The summed E-state index contributed by atoms with van der Waals surface area (Å²) in [5.74, 6) is 3.80. The molecule has 0 spiro atoms. The van der Waals surface area contributed by atoms with E-state index in [1.165, 1.54) is 77.9 Å². The van der Waals surface area contributed by atoms with E-state index in [1.807, 2.05) is 0 Å². The number of furan rings is 2. The van der Waals surface area contributed by atoms with Crippen LogP contribution in [0.4, 0.5) is 0 Å². The molecule has 0 amide bonds. The molecule has 0 N–H and O–H groups in total. The fourth-order valence-electron chi connectivity index (χ4n) is 9.82. The van der Waals surface area contributed by atoms with Gasteiger partial charge in [-0.1, -0.05) is 0 Å². The minimum absolute atomic E-state index is 0. The molecule has 0 saturated carbocycles. The number of fused-ring (bicyclic) bond motifs is 2. The SMILES string of the molecule is Cc1cc2c(c(-c3ccccc3)c1C)C=C(c1ccc(-c3ccccc3)o1)[CH]2[Zr+2]([CH]1C(c2ccc(-c3ccccc3)o2)=Cc2c1cc(C)c(C)c2-c1ccccc1)=[Si](C)C.[Cl-].[Cl-]. The summed E-state index contributed by atoms with van der Waals surface area (Å²) in [7, 11) is 0. The Hall–Kier alpha value is -4.96. The maximum absolute atomic E-state index is 7.00. The smallest absolute Gasteiger partial charge is 1.00 e. The molecule has 306 valence electrons. The Morgan fingerprint density at radius 3 is 1.08 bits per heavy atom. The maximum atomic E-state index is 7.00. The zero-order valence-corrected chi connectivity index (χ0v) is 40.9. The molecule has 2 unspecified atom stereocenters. The van der Waals surface area contributed by atoms with E-state index >= 15 is 0 Å². The third-order valence-corrected chi connectivity index (χ3v) is 32.1. The molecule has 62 heavy (non-hydrogen) atoms. The molecule has 10 rings (SSSR count). The molecule has 8 aromatic rings. The normalized spacial score (nSPS) is 14.7. The largest absolute Gasteiger partial charge is 1.00 e. The number of allylic oxidation sites excluding steroid dienone is 2. The summed E-state index contributed by atoms with van der Waals surface area (Å²) >= 11 is -2.83. The van der Waals surface area contributed by atoms with Gasteiger partial charge in [-0.3, -0.25) is 0 Å². The second kappa shape index (κ2) is 18.0. The Balaban J connectivity index is 0.00000264. The monoisotopic (exact) mass is 940 g/mol. The van der Waals surface area contributed by atoms with Gasteiger partial charge < -0.3 is 24.8 Å². The maximum Gasteiger partial charge on any atom is -1.00 e. The van der Waals surface area contributed by atoms with Crippen molar-refractivity contribution in [3.05, 3.63) is 214 Å². The molecule has 0 saturated heterocycles. The van der Waals surface area contributed by atoms with E-state index in [9.17, 15) is 0 Å². The van der Waals surface area contributed by atoms with E-state index in [-0.39, 0.29) is 32.1 Å². The molecule has 0 bridgehead atoms. The summed E-state index contributed by atoms with van der Waals surface area (Å²) in [4.78, 5) is 0. The topological polar surface area (TPSA) is 26.3 Å². The summed E-state index contributed by atoms with van der Waals surface area (Å²) < 4.78 is 14.5. The zero-order valence-electron chi connectivity index (χ0n) is 35.9. The van der Waals surface area contributed by atoms with Crippen LogP contribution in [0.25, 0.3) is 68.2 Å². The van der Waals surface area contributed by atoms with Gasteiger partial charge in [0.2, 0.25) is 0 Å². The number of halogens is 2. The zero-order chi connectivity index (χ0) is 41.1. The first kappa shape index (κ1) is 43.7. The van der Waals surface area contributed by atoms with Gasteiger partial charge in [0.25, 0.3) is 0 Å². The van der Waals surface area contributed by atoms with Crippen molar-refractivity contribution in [1.29, 1.82) is 0 Å². The van der Waals surface area contributed by atoms with Crippen molar-refractivity contribution in [2.75, 3.05) is 0 Å². The van der Waals surface area contributed by atoms with Gasteiger partial charge in [0.1, 0.15) is 0 Å². The molecule has 2 aliphatic rings. The van der Waals surface area contributed by atoms with Crippen LogP contribution in [0.5, 0.6) is 0 Å². The van der Waals surface area contributed by atoms with Crippen LogP contribution < -0.4 is 24.8 Å². The van der Waals surface area contributed by atoms with Gasteiger partial charge in [0, 0.05) is 0 Å². The number of aryl methyl sites for hydroxylation is 2. The summed E-state index contributed by atoms with van der Waals surface area (Å²) in [6.45, 7) is 14.5. The third kappa shape index (κ3) is 7.64. The van der Waals surface area contributed by atoms with Crippen molar-refractivity contribution >= 4 is 28.7 Å². The van der Waals surface area contributed by atoms with E-state index in [0.717, 1.165) is 34.2 Å². The minimum Gasteiger partial charge on any atom is -1.00 e. The summed E-state index contributed by atoms with van der Waals surface area (Å²) in [5, 5.41) is 0. The quantitative estimate of drug-likeness (QED) is 0.142. The second-order valence-corrected chi connectivity index (χ2v) is 34.6. The molecule has 2 atom stereocenters. The Kier molecular flexibility index (Phi) is 12.7. The third-order valence-electron chi connectivity index (χ3n) is 12.9. The van der Waals surface area contributed by atoms with Crippen LogP contribution in [-0.4, -0.2) is 5.43 Å². The van der Waals surface area contributed by atoms with E-state index in [0.29, 0.717) is 0 Å². The van der Waals surface area contributed by atoms with Crippen LogP contribution in [0, 0.1) is 27.7 Å². The van der Waals surface area contributed by atoms with Gasteiger partial charge >= 0.3 is 365 Å². The first-order valence-corrected chi connectivity index (χ1v) is 30.1. The molecule has 0 fully saturated rings. The van der Waals surface area contributed by atoms with E-state index in [1.54, 1.807) is 0 Å². The average molecular weight is 943 g/mol. The van der Waals surface area contributed by atoms with Crippen molar-refractivity contribution in [2.24, 2.45) is 0 Å². The number of rotatable bonds is 8. The predicted molar refractivity (Wildman–Crippen MR) is 250 cm³/mol. The Bertz CT molecular complexity index is 2830. The molecule has 0 aliphatic heterocycles. The summed E-state index contributed by atoms with van der Waals surface area (Å²) in [6, 6.07) is 57.1. The Morgan fingerprint density at radius 2 is 0.742 bits per heavy atom. The summed E-state index contributed by atoms with van der Waals surface area (Å²) in [6.07, 6.45) is 5.06. The Morgan fingerprint density at radius 1 is 0.419 bits per heavy atom. The van der Waals surface area contributed by atoms with E-state index in [4.69, 9.17) is 8.83 Å². The predicted octanol–water partition coefficient (Wildman–Crippen LogP) is 9.54. The van der Waals surface area contributed by atoms with Gasteiger partial charge in [-0.2, -0.15) is 0 Å². The first-order chi connectivity index (χ1) is 29.3. The molecule has 0 radical (unpaired) electrons. The van der Waals surface area contributed by atoms with Crippen LogP contribution >= 0.6 is 0 Å². The Labute approximate surface area is 386 Å². The van der Waals surface area contributed by atoms with E-state index in [2.05, 4.69) is 211 Å². The number of hydrogen-bond donors (Lipinski definition) is 0. The van der Waals surface area contributed by atoms with E-state index < -0.39 is 25.8 Å². The molecule has 2 heterocycles. The van der Waals surface area contributed by atoms with Crippen molar-refractivity contribution in [2.45, 2.75) is 48.0 Å². The number of benzene rings is 6. The fourth-order valence-corrected chi connectivity index (χ4v) is 29.6. The average Bonchev–Trinajstić information content (AvgIpc) is 4.10. The van der Waals surface area contributed by atoms with Crippen molar-refractivity contribution in [3.63, 3.8) is 0 Å². The van der Waals surface area contributed by atoms with Crippen LogP contribution in [0.2, 0.25) is 13.1 Å². The molecule has 2 aromatic heterocycles. The van der Waals surface area contributed by atoms with Crippen LogP contribution in [0.3, 0.4) is 0 Å². The van der Waals surface area contributed by atoms with Crippen LogP contribution in [0.15, 0.2) is 167 Å². The number of hydrogen-bond acceptors (Lipinski definition) is 2. The van der Waals surface area contributed by atoms with Crippen LogP contribution in [-0.2, 0) is 20.4 Å². The van der Waals surface area contributed by atoms with Crippen molar-refractivity contribution in [3.8, 4) is 44.9 Å². The van der Waals surface area contributed by atoms with Gasteiger partial charge in [-0.05, 0) is 0 Å². The summed E-state index contributed by atoms with van der Waals surface area (Å²) in [5.41, 5.74) is 20.4. The molecule has 6 aromatic carbocycles. The van der Waals surface area contributed by atoms with Crippen molar-refractivity contribution in [1.82, 2.24) is 0 Å². The minimum atomic E-state index is -2.83. The first-order valence-electron chi connectivity index (χ1n) is 21.1. The van der Waals surface area contributed by atoms with Gasteiger partial charge in [-0.15, -0.1) is 0 Å². The standard InChI is InChI=1S/2C27H21O.C2H6Si.2ClH.Zr/c2*1-18-15-22-16-23(26-14-13-25(28-26)20-9-5-3-6-10-20)17-24(22)27(19(18)2)21-11-7-4-8-12-21;1-3-2;;;/h2*3-17H,1-2H3;1-2H3;2*1H;/q;;;;;+2/p-2. The molecular weight excluding hydrogens is 895 g/mol. The molecular formula is C56H48Cl2O2SiZr. The van der Waals surface area contributed by atoms with Gasteiger partial charge in [0.15, 0.2) is 0 Å². The fraction of sp³-hybridized carbons (Fsp3) is 0.143. The van der Waals surface area contributed by atoms with Gasteiger partial charge in [0.05, 0.1) is 0 Å². The second-order valence-electron chi connectivity index (χ2n) is 16.7. The van der Waals surface area contributed by atoms with Crippen LogP contribution in [0.1, 0.15) is 63.3 Å². The molecule has 2 aliphatic carbocycles. The molecule has 6 heteroatoms. The molecule has 2 nitrogen and oxygen atoms in total. The van der Waals surface area contributed by atoms with Crippen molar-refractivity contribution < 1.29 is 54.0 Å². The van der Waals surface area contributed by atoms with Gasteiger partial charge in [-0.25, -0.2) is 0 Å².